The summed E-state index contributed by atoms with van der Waals surface area (Å²) in [5, 5.41) is 10.9. The number of rotatable bonds is 5. The van der Waals surface area contributed by atoms with Crippen LogP contribution in [0.4, 0.5) is 20.2 Å². The zero-order chi connectivity index (χ0) is 16.3. The van der Waals surface area contributed by atoms with Gasteiger partial charge in [0.1, 0.15) is 0 Å². The van der Waals surface area contributed by atoms with Gasteiger partial charge in [-0.15, -0.1) is 0 Å². The van der Waals surface area contributed by atoms with Gasteiger partial charge in [-0.05, 0) is 33.0 Å². The van der Waals surface area contributed by atoms with Crippen LogP contribution in [0.25, 0.3) is 0 Å². The highest BCUT2D eigenvalue weighted by Gasteiger charge is 2.24. The summed E-state index contributed by atoms with van der Waals surface area (Å²) < 4.78 is 29.1. The monoisotopic (exact) mass is 315 g/mol. The molecule has 1 aliphatic rings. The highest BCUT2D eigenvalue weighted by molar-refractivity contribution is 5.59. The first-order valence-corrected chi connectivity index (χ1v) is 7.03. The quantitative estimate of drug-likeness (QED) is 0.617. The molecule has 0 atom stereocenters. The number of hydrogen-bond donors (Lipinski definition) is 0. The van der Waals surface area contributed by atoms with E-state index < -0.39 is 23.0 Å². The van der Waals surface area contributed by atoms with Crippen molar-refractivity contribution in [2.75, 3.05) is 32.1 Å². The summed E-state index contributed by atoms with van der Waals surface area (Å²) >= 11 is 0. The molecular formula is C14H19F2N3O3. The van der Waals surface area contributed by atoms with Crippen molar-refractivity contribution >= 4 is 11.4 Å². The van der Waals surface area contributed by atoms with Gasteiger partial charge in [0.25, 0.3) is 0 Å². The summed E-state index contributed by atoms with van der Waals surface area (Å²) in [6.45, 7) is -1.54. The van der Waals surface area contributed by atoms with Crippen LogP contribution in [-0.4, -0.2) is 49.7 Å². The number of nitrogens with zero attached hydrogens (tertiary/aromatic N) is 3. The highest BCUT2D eigenvalue weighted by Crippen LogP contribution is 2.33. The summed E-state index contributed by atoms with van der Waals surface area (Å²) in [6, 6.07) is 4.60. The van der Waals surface area contributed by atoms with Crippen LogP contribution in [0.15, 0.2) is 18.2 Å². The van der Waals surface area contributed by atoms with Crippen molar-refractivity contribution in [1.29, 1.82) is 0 Å². The fourth-order valence-electron chi connectivity index (χ4n) is 2.68. The summed E-state index contributed by atoms with van der Waals surface area (Å²) in [5.74, 6) is -0.396. The average molecular weight is 315 g/mol. The fourth-order valence-corrected chi connectivity index (χ4v) is 2.68. The Kier molecular flexibility index (Phi) is 5.12. The molecule has 0 bridgehead atoms. The van der Waals surface area contributed by atoms with Crippen LogP contribution in [0.5, 0.6) is 5.75 Å². The Morgan fingerprint density at radius 3 is 2.50 bits per heavy atom. The second-order valence-corrected chi connectivity index (χ2v) is 5.47. The van der Waals surface area contributed by atoms with E-state index in [1.54, 1.807) is 6.07 Å². The van der Waals surface area contributed by atoms with Crippen LogP contribution in [-0.2, 0) is 0 Å². The number of nitro benzene ring substituents is 1. The van der Waals surface area contributed by atoms with Crippen molar-refractivity contribution in [3.8, 4) is 5.75 Å². The standard InChI is InChI=1S/C14H19F2N3O3/c1-17(2)10-5-7-18(8-6-10)11-3-4-12(19(20)21)13(9-11)22-14(15)16/h3-4,9-10,14H,5-8H2,1-2H3. The maximum atomic E-state index is 12.4. The molecule has 22 heavy (non-hydrogen) atoms. The molecule has 0 radical (unpaired) electrons. The SMILES string of the molecule is CN(C)C1CCN(c2ccc([N+](=O)[O-])c(OC(F)F)c2)CC1. The van der Waals surface area contributed by atoms with Crippen molar-refractivity contribution < 1.29 is 18.4 Å². The average Bonchev–Trinajstić information content (AvgIpc) is 2.46. The van der Waals surface area contributed by atoms with E-state index in [-0.39, 0.29) is 0 Å². The Balaban J connectivity index is 2.17. The van der Waals surface area contributed by atoms with E-state index in [2.05, 4.69) is 9.64 Å². The van der Waals surface area contributed by atoms with Gasteiger partial charge in [-0.2, -0.15) is 8.78 Å². The van der Waals surface area contributed by atoms with E-state index in [0.29, 0.717) is 11.7 Å². The number of piperidine rings is 1. The molecule has 6 nitrogen and oxygen atoms in total. The molecule has 1 heterocycles. The Hall–Kier alpha value is -1.96. The van der Waals surface area contributed by atoms with Crippen molar-refractivity contribution in [3.63, 3.8) is 0 Å². The zero-order valence-corrected chi connectivity index (χ0v) is 12.5. The van der Waals surface area contributed by atoms with Crippen molar-refractivity contribution in [3.05, 3.63) is 28.3 Å². The van der Waals surface area contributed by atoms with E-state index in [0.717, 1.165) is 25.9 Å². The molecule has 0 aromatic heterocycles. The molecule has 1 aromatic rings. The van der Waals surface area contributed by atoms with Gasteiger partial charge in [0.2, 0.25) is 5.75 Å². The lowest BCUT2D eigenvalue weighted by Crippen LogP contribution is -2.41. The van der Waals surface area contributed by atoms with Crippen LogP contribution in [0, 0.1) is 10.1 Å². The van der Waals surface area contributed by atoms with E-state index >= 15 is 0 Å². The molecule has 2 rings (SSSR count). The molecule has 0 spiro atoms. The largest absolute Gasteiger partial charge is 0.427 e. The third-order valence-corrected chi connectivity index (χ3v) is 3.92. The van der Waals surface area contributed by atoms with Crippen molar-refractivity contribution in [1.82, 2.24) is 4.90 Å². The maximum Gasteiger partial charge on any atom is 0.387 e. The Morgan fingerprint density at radius 1 is 1.36 bits per heavy atom. The lowest BCUT2D eigenvalue weighted by Gasteiger charge is -2.36. The predicted octanol–water partition coefficient (Wildman–Crippen LogP) is 2.73. The molecular weight excluding hydrogens is 296 g/mol. The predicted molar refractivity (Wildman–Crippen MR) is 78.7 cm³/mol. The number of ether oxygens (including phenoxy) is 1. The zero-order valence-electron chi connectivity index (χ0n) is 12.5. The fraction of sp³-hybridized carbons (Fsp3) is 0.571. The van der Waals surface area contributed by atoms with Crippen LogP contribution < -0.4 is 9.64 Å². The molecule has 0 saturated carbocycles. The molecule has 0 unspecified atom stereocenters. The highest BCUT2D eigenvalue weighted by atomic mass is 19.3. The third kappa shape index (κ3) is 3.82. The molecule has 0 amide bonds. The number of hydrogen-bond acceptors (Lipinski definition) is 5. The Labute approximate surface area is 127 Å². The van der Waals surface area contributed by atoms with Crippen molar-refractivity contribution in [2.24, 2.45) is 0 Å². The number of alkyl halides is 2. The molecule has 8 heteroatoms. The summed E-state index contributed by atoms with van der Waals surface area (Å²) in [4.78, 5) is 14.3. The van der Waals surface area contributed by atoms with E-state index in [9.17, 15) is 18.9 Å². The van der Waals surface area contributed by atoms with E-state index in [1.807, 2.05) is 19.0 Å². The minimum Gasteiger partial charge on any atom is -0.427 e. The van der Waals surface area contributed by atoms with Gasteiger partial charge in [0, 0.05) is 37.0 Å². The maximum absolute atomic E-state index is 12.4. The second kappa shape index (κ2) is 6.87. The normalized spacial score (nSPS) is 16.4. The molecule has 0 aliphatic carbocycles. The minimum absolute atomic E-state index is 0.396. The minimum atomic E-state index is -3.09. The molecule has 0 N–H and O–H groups in total. The molecule has 1 aliphatic heterocycles. The van der Waals surface area contributed by atoms with Crippen LogP contribution in [0.2, 0.25) is 0 Å². The summed E-state index contributed by atoms with van der Waals surface area (Å²) in [6.07, 6.45) is 1.91. The third-order valence-electron chi connectivity index (χ3n) is 3.92. The van der Waals surface area contributed by atoms with Gasteiger partial charge in [0.15, 0.2) is 0 Å². The van der Waals surface area contributed by atoms with Gasteiger partial charge >= 0.3 is 12.3 Å². The summed E-state index contributed by atoms with van der Waals surface area (Å²) in [5.41, 5.74) is 0.214. The van der Waals surface area contributed by atoms with Crippen LogP contribution in [0.1, 0.15) is 12.8 Å². The Bertz CT molecular complexity index is 532. The second-order valence-electron chi connectivity index (χ2n) is 5.47. The first kappa shape index (κ1) is 16.4. The first-order valence-electron chi connectivity index (χ1n) is 7.03. The van der Waals surface area contributed by atoms with Gasteiger partial charge < -0.3 is 14.5 Å². The first-order chi connectivity index (χ1) is 10.4. The van der Waals surface area contributed by atoms with Gasteiger partial charge in [-0.1, -0.05) is 0 Å². The number of benzene rings is 1. The lowest BCUT2D eigenvalue weighted by atomic mass is 10.0. The van der Waals surface area contributed by atoms with Gasteiger partial charge in [0.05, 0.1) is 4.92 Å². The summed E-state index contributed by atoms with van der Waals surface area (Å²) in [7, 11) is 4.06. The molecule has 1 saturated heterocycles. The molecule has 1 aromatic carbocycles. The van der Waals surface area contributed by atoms with Crippen LogP contribution in [0.3, 0.4) is 0 Å². The number of anilines is 1. The number of nitro groups is 1. The van der Waals surface area contributed by atoms with E-state index in [4.69, 9.17) is 0 Å². The Morgan fingerprint density at radius 2 is 2.00 bits per heavy atom. The van der Waals surface area contributed by atoms with Crippen LogP contribution >= 0.6 is 0 Å². The molecule has 122 valence electrons. The van der Waals surface area contributed by atoms with E-state index in [1.165, 1.54) is 12.1 Å². The topological polar surface area (TPSA) is 58.9 Å². The molecule has 1 fully saturated rings. The number of halogens is 2. The smallest absolute Gasteiger partial charge is 0.387 e. The lowest BCUT2D eigenvalue weighted by molar-refractivity contribution is -0.386. The van der Waals surface area contributed by atoms with Gasteiger partial charge in [-0.3, -0.25) is 10.1 Å². The van der Waals surface area contributed by atoms with Crippen molar-refractivity contribution in [2.45, 2.75) is 25.5 Å². The van der Waals surface area contributed by atoms with Gasteiger partial charge in [-0.25, -0.2) is 0 Å².